The van der Waals surface area contributed by atoms with Gasteiger partial charge in [-0.1, -0.05) is 41.4 Å². The van der Waals surface area contributed by atoms with Gasteiger partial charge in [0.05, 0.1) is 23.2 Å². The molecule has 3 aromatic rings. The number of hydrogen-bond acceptors (Lipinski definition) is 3. The first kappa shape index (κ1) is 17.0. The van der Waals surface area contributed by atoms with Crippen molar-refractivity contribution in [1.29, 1.82) is 0 Å². The summed E-state index contributed by atoms with van der Waals surface area (Å²) in [7, 11) is 1.99. The van der Waals surface area contributed by atoms with Gasteiger partial charge in [-0.3, -0.25) is 0 Å². The molecule has 4 nitrogen and oxygen atoms in total. The van der Waals surface area contributed by atoms with Crippen molar-refractivity contribution in [2.45, 2.75) is 26.0 Å². The summed E-state index contributed by atoms with van der Waals surface area (Å²) in [5.41, 5.74) is 4.03. The van der Waals surface area contributed by atoms with E-state index in [4.69, 9.17) is 11.6 Å². The van der Waals surface area contributed by atoms with E-state index < -0.39 is 6.10 Å². The van der Waals surface area contributed by atoms with E-state index in [1.54, 1.807) is 0 Å². The second-order valence-corrected chi connectivity index (χ2v) is 6.65. The van der Waals surface area contributed by atoms with Crippen LogP contribution in [0.3, 0.4) is 0 Å². The molecule has 2 unspecified atom stereocenters. The number of fused-ring (bicyclic) bond motifs is 1. The number of rotatable bonds is 5. The summed E-state index contributed by atoms with van der Waals surface area (Å²) in [4.78, 5) is 4.67. The Morgan fingerprint density at radius 3 is 2.62 bits per heavy atom. The molecule has 0 radical (unpaired) electrons. The van der Waals surface area contributed by atoms with E-state index in [0.717, 1.165) is 22.4 Å². The van der Waals surface area contributed by atoms with Crippen molar-refractivity contribution in [3.8, 4) is 0 Å². The third-order valence-corrected chi connectivity index (χ3v) is 4.58. The normalized spacial score (nSPS) is 14.0. The summed E-state index contributed by atoms with van der Waals surface area (Å²) in [5, 5.41) is 14.4. The number of aromatic nitrogens is 2. The molecule has 2 atom stereocenters. The van der Waals surface area contributed by atoms with E-state index in [1.807, 2.05) is 63.4 Å². The van der Waals surface area contributed by atoms with Crippen LogP contribution in [-0.4, -0.2) is 21.2 Å². The molecule has 126 valence electrons. The zero-order valence-electron chi connectivity index (χ0n) is 14.1. The molecule has 24 heavy (non-hydrogen) atoms. The first-order valence-corrected chi connectivity index (χ1v) is 8.43. The van der Waals surface area contributed by atoms with Gasteiger partial charge in [-0.15, -0.1) is 0 Å². The van der Waals surface area contributed by atoms with Gasteiger partial charge in [0.15, 0.2) is 0 Å². The third kappa shape index (κ3) is 3.46. The summed E-state index contributed by atoms with van der Waals surface area (Å²) in [5.74, 6) is 0.920. The lowest BCUT2D eigenvalue weighted by Gasteiger charge is -2.17. The van der Waals surface area contributed by atoms with Crippen molar-refractivity contribution in [3.05, 3.63) is 64.4 Å². The van der Waals surface area contributed by atoms with Crippen LogP contribution in [0.1, 0.15) is 36.0 Å². The number of halogens is 1. The maximum absolute atomic E-state index is 10.3. The first-order chi connectivity index (χ1) is 11.5. The molecule has 0 aliphatic rings. The van der Waals surface area contributed by atoms with Crippen LogP contribution in [0.2, 0.25) is 5.02 Å². The molecule has 1 heterocycles. The zero-order chi connectivity index (χ0) is 17.3. The highest BCUT2D eigenvalue weighted by Gasteiger charge is 2.16. The maximum atomic E-state index is 10.3. The van der Waals surface area contributed by atoms with E-state index in [2.05, 4.69) is 14.9 Å². The largest absolute Gasteiger partial charge is 0.387 e. The van der Waals surface area contributed by atoms with Crippen molar-refractivity contribution in [2.75, 3.05) is 6.54 Å². The molecule has 2 aromatic carbocycles. The highest BCUT2D eigenvalue weighted by molar-refractivity contribution is 6.31. The molecule has 0 saturated heterocycles. The maximum Gasteiger partial charge on any atom is 0.126 e. The summed E-state index contributed by atoms with van der Waals surface area (Å²) in [6.45, 7) is 4.55. The molecule has 0 fully saturated rings. The number of benzene rings is 2. The molecule has 0 bridgehead atoms. The van der Waals surface area contributed by atoms with Crippen molar-refractivity contribution in [3.63, 3.8) is 0 Å². The number of nitrogens with one attached hydrogen (secondary N) is 1. The van der Waals surface area contributed by atoms with Crippen LogP contribution >= 0.6 is 11.6 Å². The third-order valence-electron chi connectivity index (χ3n) is 4.34. The van der Waals surface area contributed by atoms with Crippen LogP contribution in [0, 0.1) is 6.92 Å². The Labute approximate surface area is 147 Å². The minimum absolute atomic E-state index is 0.0151. The molecule has 1 aromatic heterocycles. The SMILES string of the molecule is Cc1ccc(C(O)CNC(C)c2nc3cc(Cl)ccc3n2C)cc1. The van der Waals surface area contributed by atoms with E-state index >= 15 is 0 Å². The second-order valence-electron chi connectivity index (χ2n) is 6.22. The summed E-state index contributed by atoms with van der Waals surface area (Å²) in [6, 6.07) is 13.7. The molecular weight excluding hydrogens is 322 g/mol. The van der Waals surface area contributed by atoms with Gasteiger partial charge in [0.1, 0.15) is 5.82 Å². The number of aryl methyl sites for hydroxylation is 2. The lowest BCUT2D eigenvalue weighted by atomic mass is 10.1. The smallest absolute Gasteiger partial charge is 0.126 e. The minimum atomic E-state index is -0.544. The fraction of sp³-hybridized carbons (Fsp3) is 0.316. The molecule has 5 heteroatoms. The Morgan fingerprint density at radius 1 is 1.21 bits per heavy atom. The van der Waals surface area contributed by atoms with Gasteiger partial charge in [0.25, 0.3) is 0 Å². The van der Waals surface area contributed by atoms with Crippen LogP contribution in [0.5, 0.6) is 0 Å². The fourth-order valence-corrected chi connectivity index (χ4v) is 3.03. The van der Waals surface area contributed by atoms with Crippen molar-refractivity contribution >= 4 is 22.6 Å². The van der Waals surface area contributed by atoms with Gasteiger partial charge in [-0.25, -0.2) is 4.98 Å². The van der Waals surface area contributed by atoms with Gasteiger partial charge in [0.2, 0.25) is 0 Å². The Balaban J connectivity index is 1.72. The van der Waals surface area contributed by atoms with Gasteiger partial charge >= 0.3 is 0 Å². The highest BCUT2D eigenvalue weighted by Crippen LogP contribution is 2.23. The van der Waals surface area contributed by atoms with Crippen LogP contribution in [0.25, 0.3) is 11.0 Å². The predicted octanol–water partition coefficient (Wildman–Crippen LogP) is 3.92. The van der Waals surface area contributed by atoms with Crippen molar-refractivity contribution in [2.24, 2.45) is 7.05 Å². The molecule has 3 rings (SSSR count). The number of aliphatic hydroxyl groups excluding tert-OH is 1. The number of nitrogens with zero attached hydrogens (tertiary/aromatic N) is 2. The molecule has 0 spiro atoms. The van der Waals surface area contributed by atoms with Gasteiger partial charge < -0.3 is 15.0 Å². The van der Waals surface area contributed by atoms with Crippen molar-refractivity contribution < 1.29 is 5.11 Å². The second kappa shape index (κ2) is 6.93. The topological polar surface area (TPSA) is 50.1 Å². The summed E-state index contributed by atoms with van der Waals surface area (Å²) >= 11 is 6.04. The van der Waals surface area contributed by atoms with E-state index in [1.165, 1.54) is 5.56 Å². The van der Waals surface area contributed by atoms with Crippen LogP contribution < -0.4 is 5.32 Å². The van der Waals surface area contributed by atoms with Gasteiger partial charge in [0, 0.05) is 18.6 Å². The fourth-order valence-electron chi connectivity index (χ4n) is 2.87. The number of hydrogen-bond donors (Lipinski definition) is 2. The Kier molecular flexibility index (Phi) is 4.90. The van der Waals surface area contributed by atoms with E-state index in [0.29, 0.717) is 11.6 Å². The molecule has 2 N–H and O–H groups in total. The summed E-state index contributed by atoms with van der Waals surface area (Å²) < 4.78 is 2.06. The van der Waals surface area contributed by atoms with E-state index in [-0.39, 0.29) is 6.04 Å². The average Bonchev–Trinajstić information content (AvgIpc) is 2.89. The molecule has 0 aliphatic heterocycles. The summed E-state index contributed by atoms with van der Waals surface area (Å²) in [6.07, 6.45) is -0.544. The number of aliphatic hydroxyl groups is 1. The Hall–Kier alpha value is -1.88. The molecule has 0 aliphatic carbocycles. The minimum Gasteiger partial charge on any atom is -0.387 e. The molecule has 0 amide bonds. The standard InChI is InChI=1S/C19H22ClN3O/c1-12-4-6-14(7-5-12)18(24)11-21-13(2)19-22-16-10-15(20)8-9-17(16)23(19)3/h4-10,13,18,21,24H,11H2,1-3H3. The molecular formula is C19H22ClN3O. The van der Waals surface area contributed by atoms with Crippen LogP contribution in [0.15, 0.2) is 42.5 Å². The lowest BCUT2D eigenvalue weighted by Crippen LogP contribution is -2.26. The quantitative estimate of drug-likeness (QED) is 0.738. The van der Waals surface area contributed by atoms with Gasteiger partial charge in [-0.2, -0.15) is 0 Å². The molecule has 0 saturated carbocycles. The monoisotopic (exact) mass is 343 g/mol. The first-order valence-electron chi connectivity index (χ1n) is 8.05. The van der Waals surface area contributed by atoms with E-state index in [9.17, 15) is 5.11 Å². The van der Waals surface area contributed by atoms with Crippen molar-refractivity contribution in [1.82, 2.24) is 14.9 Å². The van der Waals surface area contributed by atoms with Crippen LogP contribution in [0.4, 0.5) is 0 Å². The predicted molar refractivity (Wildman–Crippen MR) is 98.3 cm³/mol. The lowest BCUT2D eigenvalue weighted by molar-refractivity contribution is 0.170. The Morgan fingerprint density at radius 2 is 1.92 bits per heavy atom. The number of imidazole rings is 1. The Bertz CT molecular complexity index is 842. The zero-order valence-corrected chi connectivity index (χ0v) is 14.9. The average molecular weight is 344 g/mol. The van der Waals surface area contributed by atoms with Crippen LogP contribution in [-0.2, 0) is 7.05 Å². The van der Waals surface area contributed by atoms with Gasteiger partial charge in [-0.05, 0) is 37.6 Å². The highest BCUT2D eigenvalue weighted by atomic mass is 35.5.